The van der Waals surface area contributed by atoms with Crippen LogP contribution in [-0.2, 0) is 0 Å². The molecule has 0 atom stereocenters. The predicted octanol–water partition coefficient (Wildman–Crippen LogP) is 4.47. The van der Waals surface area contributed by atoms with Crippen LogP contribution >= 0.6 is 0 Å². The summed E-state index contributed by atoms with van der Waals surface area (Å²) in [5.74, 6) is 2.39. The largest absolute Gasteiger partial charge is 0.454 e. The smallest absolute Gasteiger partial charge is 0.251 e. The van der Waals surface area contributed by atoms with Gasteiger partial charge in [-0.25, -0.2) is 4.98 Å². The van der Waals surface area contributed by atoms with Crippen LogP contribution in [0.1, 0.15) is 68.1 Å². The maximum atomic E-state index is 13.0. The first-order valence-electron chi connectivity index (χ1n) is 12.9. The van der Waals surface area contributed by atoms with E-state index in [2.05, 4.69) is 15.0 Å². The Balaban J connectivity index is 1.33. The third-order valence-corrected chi connectivity index (χ3v) is 7.59. The lowest BCUT2D eigenvalue weighted by Gasteiger charge is -2.26. The van der Waals surface area contributed by atoms with Gasteiger partial charge in [0.1, 0.15) is 17.2 Å². The van der Waals surface area contributed by atoms with Crippen molar-refractivity contribution in [1.29, 1.82) is 0 Å². The maximum Gasteiger partial charge on any atom is 0.251 e. The molecule has 8 heteroatoms. The molecule has 0 bridgehead atoms. The van der Waals surface area contributed by atoms with Crippen LogP contribution in [0.25, 0.3) is 16.9 Å². The molecule has 0 spiro atoms. The highest BCUT2D eigenvalue weighted by molar-refractivity contribution is 5.95. The number of imidazole rings is 1. The highest BCUT2D eigenvalue weighted by atomic mass is 16.7. The number of benzene rings is 1. The van der Waals surface area contributed by atoms with Gasteiger partial charge in [-0.15, -0.1) is 0 Å². The quantitative estimate of drug-likeness (QED) is 0.503. The second-order valence-electron chi connectivity index (χ2n) is 10.1. The molecule has 8 nitrogen and oxygen atoms in total. The SMILES string of the molecule is NC1CCC(NC(=O)c2ccn3c(NC4CCCCC4)c(-c4ccc5c(c4)OCO5)nc3c2)CC1. The molecule has 35 heavy (non-hydrogen) atoms. The fourth-order valence-electron chi connectivity index (χ4n) is 5.54. The second kappa shape index (κ2) is 9.41. The van der Waals surface area contributed by atoms with E-state index in [1.165, 1.54) is 19.3 Å². The minimum Gasteiger partial charge on any atom is -0.454 e. The Kier molecular flexibility index (Phi) is 5.98. The van der Waals surface area contributed by atoms with Gasteiger partial charge in [-0.1, -0.05) is 19.3 Å². The maximum absolute atomic E-state index is 13.0. The normalized spacial score (nSPS) is 22.3. The lowest BCUT2D eigenvalue weighted by molar-refractivity contribution is 0.0926. The van der Waals surface area contributed by atoms with Crippen LogP contribution < -0.4 is 25.8 Å². The fourth-order valence-corrected chi connectivity index (χ4v) is 5.54. The third-order valence-electron chi connectivity index (χ3n) is 7.59. The summed E-state index contributed by atoms with van der Waals surface area (Å²) in [6.07, 6.45) is 11.8. The van der Waals surface area contributed by atoms with Crippen LogP contribution in [0.5, 0.6) is 11.5 Å². The summed E-state index contributed by atoms with van der Waals surface area (Å²) in [6.45, 7) is 0.239. The van der Waals surface area contributed by atoms with Crippen LogP contribution in [0.4, 0.5) is 5.82 Å². The number of rotatable bonds is 5. The summed E-state index contributed by atoms with van der Waals surface area (Å²) < 4.78 is 13.2. The van der Waals surface area contributed by atoms with E-state index in [0.717, 1.165) is 72.7 Å². The van der Waals surface area contributed by atoms with E-state index in [-0.39, 0.29) is 24.8 Å². The molecule has 1 aliphatic heterocycles. The predicted molar refractivity (Wildman–Crippen MR) is 135 cm³/mol. The highest BCUT2D eigenvalue weighted by Gasteiger charge is 2.24. The molecule has 0 radical (unpaired) electrons. The van der Waals surface area contributed by atoms with Crippen LogP contribution in [0.2, 0.25) is 0 Å². The number of aromatic nitrogens is 2. The summed E-state index contributed by atoms with van der Waals surface area (Å²) in [5.41, 5.74) is 9.20. The average Bonchev–Trinajstić information content (AvgIpc) is 3.50. The van der Waals surface area contributed by atoms with Gasteiger partial charge in [0.15, 0.2) is 11.5 Å². The molecule has 0 unspecified atom stereocenters. The van der Waals surface area contributed by atoms with Crippen LogP contribution in [-0.4, -0.2) is 40.2 Å². The summed E-state index contributed by atoms with van der Waals surface area (Å²) in [4.78, 5) is 18.0. The van der Waals surface area contributed by atoms with Gasteiger partial charge >= 0.3 is 0 Å². The summed E-state index contributed by atoms with van der Waals surface area (Å²) in [7, 11) is 0. The summed E-state index contributed by atoms with van der Waals surface area (Å²) >= 11 is 0. The van der Waals surface area contributed by atoms with Crippen molar-refractivity contribution in [3.63, 3.8) is 0 Å². The number of hydrogen-bond acceptors (Lipinski definition) is 6. The van der Waals surface area contributed by atoms with E-state index in [4.69, 9.17) is 20.2 Å². The Morgan fingerprint density at radius 2 is 1.74 bits per heavy atom. The standard InChI is InChI=1S/C27H33N5O3/c28-19-7-9-21(10-8-19)30-27(33)18-12-13-32-24(15-18)31-25(26(32)29-20-4-2-1-3-5-20)17-6-11-22-23(14-17)35-16-34-22/h6,11-15,19-21,29H,1-5,7-10,16,28H2,(H,30,33). The fraction of sp³-hybridized carbons (Fsp3) is 0.481. The number of nitrogens with two attached hydrogens (primary N) is 1. The Hall–Kier alpha value is -3.26. The van der Waals surface area contributed by atoms with Crippen LogP contribution in [0.15, 0.2) is 36.5 Å². The molecule has 0 saturated heterocycles. The molecule has 3 aromatic rings. The monoisotopic (exact) mass is 475 g/mol. The second-order valence-corrected chi connectivity index (χ2v) is 10.1. The molecular weight excluding hydrogens is 442 g/mol. The molecule has 6 rings (SSSR count). The van der Waals surface area contributed by atoms with Crippen molar-refractivity contribution < 1.29 is 14.3 Å². The molecule has 184 valence electrons. The Labute approximate surface area is 205 Å². The number of nitrogens with zero attached hydrogens (tertiary/aromatic N) is 2. The number of carbonyl (C=O) groups excluding carboxylic acids is 1. The first kappa shape index (κ1) is 22.2. The Morgan fingerprint density at radius 3 is 2.57 bits per heavy atom. The molecule has 4 N–H and O–H groups in total. The van der Waals surface area contributed by atoms with Gasteiger partial charge in [-0.2, -0.15) is 0 Å². The van der Waals surface area contributed by atoms with Crippen LogP contribution in [0.3, 0.4) is 0 Å². The van der Waals surface area contributed by atoms with Gasteiger partial charge in [0.2, 0.25) is 6.79 Å². The van der Waals surface area contributed by atoms with Gasteiger partial charge in [-0.05, 0) is 68.9 Å². The van der Waals surface area contributed by atoms with Crippen LogP contribution in [0, 0.1) is 0 Å². The average molecular weight is 476 g/mol. The molecule has 2 fully saturated rings. The van der Waals surface area contributed by atoms with Crippen molar-refractivity contribution in [3.05, 3.63) is 42.1 Å². The summed E-state index contributed by atoms with van der Waals surface area (Å²) in [6, 6.07) is 10.6. The number of fused-ring (bicyclic) bond motifs is 2. The number of carbonyl (C=O) groups is 1. The van der Waals surface area contributed by atoms with Gasteiger partial charge in [0.05, 0.1) is 0 Å². The number of amides is 1. The number of pyridine rings is 1. The van der Waals surface area contributed by atoms with Crippen molar-refractivity contribution in [3.8, 4) is 22.8 Å². The molecule has 3 heterocycles. The van der Waals surface area contributed by atoms with E-state index >= 15 is 0 Å². The molecule has 2 saturated carbocycles. The van der Waals surface area contributed by atoms with Gasteiger partial charge in [-0.3, -0.25) is 9.20 Å². The van der Waals surface area contributed by atoms with Crippen molar-refractivity contribution >= 4 is 17.4 Å². The Bertz CT molecular complexity index is 1230. The lowest BCUT2D eigenvalue weighted by atomic mass is 9.91. The van der Waals surface area contributed by atoms with Gasteiger partial charge < -0.3 is 25.8 Å². The van der Waals surface area contributed by atoms with E-state index < -0.39 is 0 Å². The van der Waals surface area contributed by atoms with E-state index in [9.17, 15) is 4.79 Å². The van der Waals surface area contributed by atoms with E-state index in [0.29, 0.717) is 11.6 Å². The Morgan fingerprint density at radius 1 is 0.943 bits per heavy atom. The zero-order valence-electron chi connectivity index (χ0n) is 20.0. The van der Waals surface area contributed by atoms with Gasteiger partial charge in [0, 0.05) is 35.4 Å². The number of hydrogen-bond donors (Lipinski definition) is 3. The van der Waals surface area contributed by atoms with E-state index in [1.54, 1.807) is 0 Å². The van der Waals surface area contributed by atoms with Crippen molar-refractivity contribution in [2.24, 2.45) is 5.73 Å². The minimum atomic E-state index is -0.0533. The van der Waals surface area contributed by atoms with E-state index in [1.807, 2.05) is 36.5 Å². The molecule has 2 aromatic heterocycles. The number of anilines is 1. The molecule has 1 aromatic carbocycles. The molecule has 1 amide bonds. The lowest BCUT2D eigenvalue weighted by Crippen LogP contribution is -2.40. The van der Waals surface area contributed by atoms with Crippen molar-refractivity contribution in [2.75, 3.05) is 12.1 Å². The molecule has 3 aliphatic rings. The zero-order valence-corrected chi connectivity index (χ0v) is 20.0. The zero-order chi connectivity index (χ0) is 23.8. The topological polar surface area (TPSA) is 103 Å². The van der Waals surface area contributed by atoms with Crippen molar-refractivity contribution in [2.45, 2.75) is 75.9 Å². The minimum absolute atomic E-state index is 0.0533. The molecule has 2 aliphatic carbocycles. The highest BCUT2D eigenvalue weighted by Crippen LogP contribution is 2.38. The first-order chi connectivity index (χ1) is 17.1. The molecular formula is C27H33N5O3. The third kappa shape index (κ3) is 4.55. The van der Waals surface area contributed by atoms with Crippen molar-refractivity contribution in [1.82, 2.24) is 14.7 Å². The number of ether oxygens (including phenoxy) is 2. The summed E-state index contributed by atoms with van der Waals surface area (Å²) in [5, 5.41) is 6.96. The van der Waals surface area contributed by atoms with Gasteiger partial charge in [0.25, 0.3) is 5.91 Å². The number of nitrogens with one attached hydrogen (secondary N) is 2. The first-order valence-corrected chi connectivity index (χ1v) is 12.9.